The van der Waals surface area contributed by atoms with Crippen molar-refractivity contribution in [2.45, 2.75) is 39.5 Å². The van der Waals surface area contributed by atoms with Gasteiger partial charge >= 0.3 is 6.09 Å². The molecule has 31 heavy (non-hydrogen) atoms. The second-order valence-corrected chi connectivity index (χ2v) is 7.34. The molecule has 0 aliphatic carbocycles. The molecule has 0 radical (unpaired) electrons. The van der Waals surface area contributed by atoms with Gasteiger partial charge in [0.05, 0.1) is 0 Å². The third kappa shape index (κ3) is 6.84. The summed E-state index contributed by atoms with van der Waals surface area (Å²) in [4.78, 5) is 25.9. The molecule has 1 aliphatic heterocycles. The van der Waals surface area contributed by atoms with Crippen LogP contribution >= 0.6 is 0 Å². The van der Waals surface area contributed by atoms with Crippen molar-refractivity contribution >= 4 is 23.5 Å². The number of nitrogens with two attached hydrogens (primary N) is 1. The number of aryl methyl sites for hydroxylation is 2. The predicted octanol–water partition coefficient (Wildman–Crippen LogP) is 3.89. The number of carbonyl (C=O) groups excluding carboxylic acids is 1. The van der Waals surface area contributed by atoms with E-state index in [1.54, 1.807) is 0 Å². The van der Waals surface area contributed by atoms with Gasteiger partial charge in [0, 0.05) is 37.3 Å². The van der Waals surface area contributed by atoms with E-state index in [-0.39, 0.29) is 11.7 Å². The minimum absolute atomic E-state index is 0.0672. The molecular weight excluding hydrogens is 392 g/mol. The minimum atomic E-state index is -0.838. The molecule has 0 unspecified atom stereocenters. The summed E-state index contributed by atoms with van der Waals surface area (Å²) in [6, 6.07) is 15.7. The summed E-state index contributed by atoms with van der Waals surface area (Å²) in [5, 5.41) is 15.7. The van der Waals surface area contributed by atoms with E-state index in [4.69, 9.17) is 16.2 Å². The van der Waals surface area contributed by atoms with Crippen molar-refractivity contribution in [2.24, 2.45) is 5.73 Å². The second kappa shape index (κ2) is 11.7. The van der Waals surface area contributed by atoms with Gasteiger partial charge in [0.25, 0.3) is 0 Å². The number of para-hydroxylation sites is 1. The summed E-state index contributed by atoms with van der Waals surface area (Å²) in [5.74, 6) is 0.241. The van der Waals surface area contributed by atoms with Crippen molar-refractivity contribution in [1.29, 1.82) is 5.41 Å². The number of carboxylic acid groups (broad SMARTS) is 1. The van der Waals surface area contributed by atoms with Crippen molar-refractivity contribution in [1.82, 2.24) is 4.90 Å². The SMILES string of the molecule is CCN(CC)C(=O)O.N=C(N)c1ccc(CCC(=O)N2CCCc3ccccc32)cc1. The Balaban J connectivity index is 0.000000366. The van der Waals surface area contributed by atoms with E-state index < -0.39 is 6.09 Å². The molecule has 2 amide bonds. The zero-order valence-corrected chi connectivity index (χ0v) is 18.3. The second-order valence-electron chi connectivity index (χ2n) is 7.34. The molecule has 0 saturated carbocycles. The normalized spacial score (nSPS) is 12.3. The minimum Gasteiger partial charge on any atom is -0.465 e. The quantitative estimate of drug-likeness (QED) is 0.482. The maximum atomic E-state index is 12.6. The molecule has 0 atom stereocenters. The monoisotopic (exact) mass is 424 g/mol. The van der Waals surface area contributed by atoms with E-state index in [1.807, 2.05) is 61.2 Å². The Kier molecular flexibility index (Phi) is 9.06. The van der Waals surface area contributed by atoms with Gasteiger partial charge in [-0.1, -0.05) is 42.5 Å². The Morgan fingerprint density at radius 2 is 1.74 bits per heavy atom. The van der Waals surface area contributed by atoms with E-state index in [9.17, 15) is 9.59 Å². The van der Waals surface area contributed by atoms with Crippen LogP contribution in [0.25, 0.3) is 0 Å². The van der Waals surface area contributed by atoms with Gasteiger partial charge < -0.3 is 20.6 Å². The fourth-order valence-corrected chi connectivity index (χ4v) is 3.52. The van der Waals surface area contributed by atoms with Crippen LogP contribution in [0, 0.1) is 5.41 Å². The number of hydrogen-bond acceptors (Lipinski definition) is 3. The number of amides is 2. The Hall–Kier alpha value is -3.35. The number of rotatable bonds is 6. The third-order valence-electron chi connectivity index (χ3n) is 5.34. The highest BCUT2D eigenvalue weighted by Gasteiger charge is 2.21. The number of carbonyl (C=O) groups is 2. The molecule has 3 rings (SSSR count). The van der Waals surface area contributed by atoms with E-state index in [2.05, 4.69) is 6.07 Å². The van der Waals surface area contributed by atoms with Crippen LogP contribution in [0.3, 0.4) is 0 Å². The van der Waals surface area contributed by atoms with Gasteiger partial charge in [-0.25, -0.2) is 4.79 Å². The van der Waals surface area contributed by atoms with Gasteiger partial charge in [0.15, 0.2) is 0 Å². The Bertz CT molecular complexity index is 892. The lowest BCUT2D eigenvalue weighted by atomic mass is 10.0. The smallest absolute Gasteiger partial charge is 0.407 e. The maximum Gasteiger partial charge on any atom is 0.407 e. The molecular formula is C24H32N4O3. The summed E-state index contributed by atoms with van der Waals surface area (Å²) >= 11 is 0. The van der Waals surface area contributed by atoms with Crippen LogP contribution in [0.1, 0.15) is 43.4 Å². The van der Waals surface area contributed by atoms with Crippen LogP contribution in [0.2, 0.25) is 0 Å². The number of nitrogens with one attached hydrogen (secondary N) is 1. The van der Waals surface area contributed by atoms with Crippen LogP contribution < -0.4 is 10.6 Å². The van der Waals surface area contributed by atoms with Crippen LogP contribution in [-0.4, -0.2) is 47.5 Å². The molecule has 0 spiro atoms. The largest absolute Gasteiger partial charge is 0.465 e. The third-order valence-corrected chi connectivity index (χ3v) is 5.34. The lowest BCUT2D eigenvalue weighted by molar-refractivity contribution is -0.118. The van der Waals surface area contributed by atoms with E-state index in [0.29, 0.717) is 31.5 Å². The fraction of sp³-hybridized carbons (Fsp3) is 0.375. The lowest BCUT2D eigenvalue weighted by Crippen LogP contribution is -2.35. The van der Waals surface area contributed by atoms with E-state index in [0.717, 1.165) is 30.6 Å². The zero-order chi connectivity index (χ0) is 22.8. The molecule has 0 aromatic heterocycles. The summed E-state index contributed by atoms with van der Waals surface area (Å²) in [6.07, 6.45) is 2.43. The van der Waals surface area contributed by atoms with Crippen molar-refractivity contribution in [2.75, 3.05) is 24.5 Å². The lowest BCUT2D eigenvalue weighted by Gasteiger charge is -2.29. The number of anilines is 1. The summed E-state index contributed by atoms with van der Waals surface area (Å²) in [7, 11) is 0. The van der Waals surface area contributed by atoms with E-state index in [1.165, 1.54) is 10.5 Å². The highest BCUT2D eigenvalue weighted by atomic mass is 16.4. The number of benzene rings is 2. The van der Waals surface area contributed by atoms with Crippen molar-refractivity contribution in [3.63, 3.8) is 0 Å². The molecule has 2 aromatic carbocycles. The summed E-state index contributed by atoms with van der Waals surface area (Å²) in [5.41, 5.74) is 9.58. The standard InChI is InChI=1S/C19H21N3O.C5H11NO2/c20-19(21)16-10-7-14(8-11-16)9-12-18(23)22-13-3-5-15-4-1-2-6-17(15)22;1-3-6(4-2)5(7)8/h1-2,4,6-8,10-11H,3,5,9,12-13H2,(H3,20,21);3-4H2,1-2H3,(H,7,8). The number of nitrogen functional groups attached to an aromatic ring is 1. The molecule has 7 heteroatoms. The molecule has 4 N–H and O–H groups in total. The first-order chi connectivity index (χ1) is 14.9. The van der Waals surface area contributed by atoms with Gasteiger partial charge in [0.1, 0.15) is 5.84 Å². The molecule has 0 fully saturated rings. The molecule has 2 aromatic rings. The van der Waals surface area contributed by atoms with Gasteiger partial charge in [-0.2, -0.15) is 0 Å². The summed E-state index contributed by atoms with van der Waals surface area (Å²) in [6.45, 7) is 5.59. The number of fused-ring (bicyclic) bond motifs is 1. The Morgan fingerprint density at radius 1 is 1.10 bits per heavy atom. The number of nitrogens with zero attached hydrogens (tertiary/aromatic N) is 2. The highest BCUT2D eigenvalue weighted by molar-refractivity contribution is 5.95. The number of hydrogen-bond donors (Lipinski definition) is 3. The van der Waals surface area contributed by atoms with Crippen molar-refractivity contribution < 1.29 is 14.7 Å². The molecule has 1 heterocycles. The average Bonchev–Trinajstić information content (AvgIpc) is 2.78. The molecule has 7 nitrogen and oxygen atoms in total. The molecule has 1 aliphatic rings. The maximum absolute atomic E-state index is 12.6. The van der Waals surface area contributed by atoms with Crippen LogP contribution in [0.4, 0.5) is 10.5 Å². The first-order valence-electron chi connectivity index (χ1n) is 10.7. The average molecular weight is 425 g/mol. The van der Waals surface area contributed by atoms with Gasteiger partial charge in [-0.3, -0.25) is 10.2 Å². The molecule has 0 bridgehead atoms. The topological polar surface area (TPSA) is 111 Å². The zero-order valence-electron chi connectivity index (χ0n) is 18.3. The van der Waals surface area contributed by atoms with Crippen LogP contribution in [0.5, 0.6) is 0 Å². The first-order valence-corrected chi connectivity index (χ1v) is 10.7. The van der Waals surface area contributed by atoms with Gasteiger partial charge in [0.2, 0.25) is 5.91 Å². The van der Waals surface area contributed by atoms with Crippen molar-refractivity contribution in [3.8, 4) is 0 Å². The van der Waals surface area contributed by atoms with Crippen LogP contribution in [-0.2, 0) is 17.6 Å². The highest BCUT2D eigenvalue weighted by Crippen LogP contribution is 2.27. The fourth-order valence-electron chi connectivity index (χ4n) is 3.52. The number of amidine groups is 1. The first kappa shape index (κ1) is 23.9. The Morgan fingerprint density at radius 3 is 2.29 bits per heavy atom. The predicted molar refractivity (Wildman–Crippen MR) is 124 cm³/mol. The molecule has 0 saturated heterocycles. The summed E-state index contributed by atoms with van der Waals surface area (Å²) < 4.78 is 0. The van der Waals surface area contributed by atoms with Crippen molar-refractivity contribution in [3.05, 3.63) is 65.2 Å². The van der Waals surface area contributed by atoms with Crippen LogP contribution in [0.15, 0.2) is 48.5 Å². The van der Waals surface area contributed by atoms with E-state index >= 15 is 0 Å². The molecule has 166 valence electrons. The Labute approximate surface area is 184 Å². The van der Waals surface area contributed by atoms with Gasteiger partial charge in [-0.05, 0) is 50.3 Å². The van der Waals surface area contributed by atoms with Gasteiger partial charge in [-0.15, -0.1) is 0 Å².